The summed E-state index contributed by atoms with van der Waals surface area (Å²) in [6, 6.07) is 12.0. The lowest BCUT2D eigenvalue weighted by atomic mass is 9.84. The van der Waals surface area contributed by atoms with Crippen molar-refractivity contribution in [2.24, 2.45) is 5.92 Å². The number of benzene rings is 1. The molecule has 0 radical (unpaired) electrons. The number of nitrogens with zero attached hydrogens (tertiary/aromatic N) is 5. The van der Waals surface area contributed by atoms with Gasteiger partial charge in [-0.15, -0.1) is 10.2 Å². The summed E-state index contributed by atoms with van der Waals surface area (Å²) in [6.07, 6.45) is 5.63. The highest BCUT2D eigenvalue weighted by Gasteiger charge is 2.34. The van der Waals surface area contributed by atoms with Gasteiger partial charge in [0.15, 0.2) is 0 Å². The van der Waals surface area contributed by atoms with Crippen LogP contribution in [0.15, 0.2) is 49.1 Å². The van der Waals surface area contributed by atoms with E-state index in [9.17, 15) is 4.79 Å². The number of fused-ring (bicyclic) bond motifs is 3. The van der Waals surface area contributed by atoms with Gasteiger partial charge in [0, 0.05) is 29.4 Å². The van der Waals surface area contributed by atoms with Crippen LogP contribution in [0.5, 0.6) is 0 Å². The number of amides is 1. The van der Waals surface area contributed by atoms with Crippen LogP contribution in [0.3, 0.4) is 0 Å². The zero-order valence-electron chi connectivity index (χ0n) is 16.5. The second kappa shape index (κ2) is 7.40. The average molecular weight is 388 g/mol. The summed E-state index contributed by atoms with van der Waals surface area (Å²) in [5.41, 5.74) is 3.60. The van der Waals surface area contributed by atoms with Crippen molar-refractivity contribution in [3.8, 4) is 16.9 Å². The smallest absolute Gasteiger partial charge is 0.251 e. The van der Waals surface area contributed by atoms with E-state index in [1.54, 1.807) is 17.2 Å². The molecule has 3 fully saturated rings. The number of aryl methyl sites for hydroxylation is 1. The van der Waals surface area contributed by atoms with E-state index >= 15 is 0 Å². The van der Waals surface area contributed by atoms with E-state index in [1.807, 2.05) is 43.3 Å². The number of rotatable bonds is 4. The van der Waals surface area contributed by atoms with Gasteiger partial charge in [-0.1, -0.05) is 12.1 Å². The molecule has 6 rings (SSSR count). The molecule has 1 amide bonds. The van der Waals surface area contributed by atoms with Crippen LogP contribution in [0.25, 0.3) is 16.9 Å². The van der Waals surface area contributed by atoms with Crippen LogP contribution in [-0.4, -0.2) is 56.2 Å². The molecule has 0 saturated carbocycles. The van der Waals surface area contributed by atoms with Crippen LogP contribution in [0.2, 0.25) is 0 Å². The predicted molar refractivity (Wildman–Crippen MR) is 110 cm³/mol. The SMILES string of the molecule is Cc1nc(-n2cnnc2)ccc1-c1cccc(C(=O)N[C@@H]2CN3CCC2CC3)c1. The third-order valence-corrected chi connectivity index (χ3v) is 6.16. The number of hydrogen-bond donors (Lipinski definition) is 1. The number of carbonyl (C=O) groups excluding carboxylic acids is 1. The van der Waals surface area contributed by atoms with Gasteiger partial charge in [0.25, 0.3) is 5.91 Å². The third-order valence-electron chi connectivity index (χ3n) is 6.16. The van der Waals surface area contributed by atoms with E-state index in [2.05, 4.69) is 25.4 Å². The Kier molecular flexibility index (Phi) is 4.60. The van der Waals surface area contributed by atoms with Crippen molar-refractivity contribution in [2.45, 2.75) is 25.8 Å². The van der Waals surface area contributed by atoms with Gasteiger partial charge in [-0.05, 0) is 68.6 Å². The van der Waals surface area contributed by atoms with Crippen molar-refractivity contribution in [3.63, 3.8) is 0 Å². The Balaban J connectivity index is 1.36. The Labute approximate surface area is 169 Å². The normalized spacial score (nSPS) is 23.1. The van der Waals surface area contributed by atoms with Crippen LogP contribution >= 0.6 is 0 Å². The second-order valence-corrected chi connectivity index (χ2v) is 7.97. The molecule has 2 bridgehead atoms. The molecule has 0 spiro atoms. The molecule has 3 saturated heterocycles. The number of carbonyl (C=O) groups is 1. The maximum Gasteiger partial charge on any atom is 0.251 e. The van der Waals surface area contributed by atoms with Gasteiger partial charge >= 0.3 is 0 Å². The molecule has 3 aliphatic heterocycles. The zero-order valence-corrected chi connectivity index (χ0v) is 16.5. The number of piperidine rings is 3. The topological polar surface area (TPSA) is 75.9 Å². The van der Waals surface area contributed by atoms with Crippen LogP contribution in [0.4, 0.5) is 0 Å². The lowest BCUT2D eigenvalue weighted by Gasteiger charge is -2.44. The van der Waals surface area contributed by atoms with Gasteiger partial charge in [0.2, 0.25) is 0 Å². The average Bonchev–Trinajstić information content (AvgIpc) is 3.30. The van der Waals surface area contributed by atoms with Crippen molar-refractivity contribution in [3.05, 3.63) is 60.3 Å². The Morgan fingerprint density at radius 1 is 1.10 bits per heavy atom. The van der Waals surface area contributed by atoms with E-state index in [-0.39, 0.29) is 11.9 Å². The first-order valence-electron chi connectivity index (χ1n) is 10.1. The maximum atomic E-state index is 12.9. The highest BCUT2D eigenvalue weighted by Crippen LogP contribution is 2.28. The summed E-state index contributed by atoms with van der Waals surface area (Å²) >= 11 is 0. The number of aromatic nitrogens is 4. The summed E-state index contributed by atoms with van der Waals surface area (Å²) in [7, 11) is 0. The fourth-order valence-electron chi connectivity index (χ4n) is 4.52. The molecule has 3 aliphatic rings. The molecule has 1 N–H and O–H groups in total. The van der Waals surface area contributed by atoms with Crippen LogP contribution in [-0.2, 0) is 0 Å². The van der Waals surface area contributed by atoms with Crippen LogP contribution < -0.4 is 5.32 Å². The summed E-state index contributed by atoms with van der Waals surface area (Å²) in [5.74, 6) is 1.40. The van der Waals surface area contributed by atoms with Crippen molar-refractivity contribution in [1.29, 1.82) is 0 Å². The molecule has 1 atom stereocenters. The summed E-state index contributed by atoms with van der Waals surface area (Å²) in [6.45, 7) is 5.29. The molecule has 1 aromatic carbocycles. The fraction of sp³-hybridized carbons (Fsp3) is 0.364. The number of hydrogen-bond acceptors (Lipinski definition) is 5. The first-order chi connectivity index (χ1) is 14.2. The van der Waals surface area contributed by atoms with E-state index in [4.69, 9.17) is 0 Å². The van der Waals surface area contributed by atoms with Crippen molar-refractivity contribution >= 4 is 5.91 Å². The second-order valence-electron chi connectivity index (χ2n) is 7.97. The summed E-state index contributed by atoms with van der Waals surface area (Å²) in [5, 5.41) is 10.9. The van der Waals surface area contributed by atoms with Crippen molar-refractivity contribution in [1.82, 2.24) is 30.0 Å². The largest absolute Gasteiger partial charge is 0.348 e. The highest BCUT2D eigenvalue weighted by molar-refractivity contribution is 5.95. The quantitative estimate of drug-likeness (QED) is 0.743. The van der Waals surface area contributed by atoms with Gasteiger partial charge < -0.3 is 10.2 Å². The zero-order chi connectivity index (χ0) is 19.8. The molecule has 3 aromatic rings. The van der Waals surface area contributed by atoms with Crippen molar-refractivity contribution in [2.75, 3.05) is 19.6 Å². The number of nitrogens with one attached hydrogen (secondary N) is 1. The molecule has 7 nitrogen and oxygen atoms in total. The van der Waals surface area contributed by atoms with Gasteiger partial charge in [-0.2, -0.15) is 0 Å². The van der Waals surface area contributed by atoms with Crippen LogP contribution in [0.1, 0.15) is 28.9 Å². The minimum Gasteiger partial charge on any atom is -0.348 e. The first-order valence-corrected chi connectivity index (χ1v) is 10.1. The van der Waals surface area contributed by atoms with Gasteiger partial charge in [0.05, 0.1) is 0 Å². The molecule has 29 heavy (non-hydrogen) atoms. The molecular weight excluding hydrogens is 364 g/mol. The van der Waals surface area contributed by atoms with Gasteiger partial charge in [-0.25, -0.2) is 4.98 Å². The monoisotopic (exact) mass is 388 g/mol. The summed E-state index contributed by atoms with van der Waals surface area (Å²) in [4.78, 5) is 20.0. The first kappa shape index (κ1) is 18.0. The van der Waals surface area contributed by atoms with E-state index in [0.29, 0.717) is 11.5 Å². The standard InChI is InChI=1S/C22H24N6O/c1-15-19(5-6-21(25-15)28-13-23-24-14-28)17-3-2-4-18(11-17)22(29)26-20-12-27-9-7-16(20)8-10-27/h2-6,11,13-14,16,20H,7-10,12H2,1H3,(H,26,29)/t20-/m1/s1. The minimum absolute atomic E-state index is 0.0114. The fourth-order valence-corrected chi connectivity index (χ4v) is 4.52. The van der Waals surface area contributed by atoms with E-state index < -0.39 is 0 Å². The Morgan fingerprint density at radius 3 is 2.59 bits per heavy atom. The molecule has 148 valence electrons. The Bertz CT molecular complexity index is 1020. The van der Waals surface area contributed by atoms with Crippen LogP contribution in [0, 0.1) is 12.8 Å². The molecular formula is C22H24N6O. The minimum atomic E-state index is 0.0114. The Hall–Kier alpha value is -3.06. The molecule has 2 aromatic heterocycles. The summed E-state index contributed by atoms with van der Waals surface area (Å²) < 4.78 is 1.77. The Morgan fingerprint density at radius 2 is 1.90 bits per heavy atom. The van der Waals surface area contributed by atoms with E-state index in [0.717, 1.165) is 29.2 Å². The molecule has 0 aliphatic carbocycles. The lowest BCUT2D eigenvalue weighted by Crippen LogP contribution is -2.57. The van der Waals surface area contributed by atoms with Gasteiger partial charge in [-0.3, -0.25) is 9.36 Å². The lowest BCUT2D eigenvalue weighted by molar-refractivity contribution is 0.0620. The van der Waals surface area contributed by atoms with Gasteiger partial charge in [0.1, 0.15) is 18.5 Å². The predicted octanol–water partition coefficient (Wildman–Crippen LogP) is 2.46. The van der Waals surface area contributed by atoms with E-state index in [1.165, 1.54) is 25.9 Å². The highest BCUT2D eigenvalue weighted by atomic mass is 16.1. The molecule has 7 heteroatoms. The molecule has 0 unspecified atom stereocenters. The molecule has 5 heterocycles. The van der Waals surface area contributed by atoms with Crippen molar-refractivity contribution < 1.29 is 4.79 Å². The maximum absolute atomic E-state index is 12.9. The third kappa shape index (κ3) is 3.53. The number of pyridine rings is 1.